The maximum Gasteiger partial charge on any atom is 0.0879 e. The van der Waals surface area contributed by atoms with Crippen LogP contribution in [0.15, 0.2) is 29.9 Å². The molecule has 13 heavy (non-hydrogen) atoms. The third-order valence-electron chi connectivity index (χ3n) is 1.59. The summed E-state index contributed by atoms with van der Waals surface area (Å²) in [7, 11) is 0. The normalized spacial score (nSPS) is 11.0. The van der Waals surface area contributed by atoms with Gasteiger partial charge < -0.3 is 0 Å². The van der Waals surface area contributed by atoms with Gasteiger partial charge in [-0.3, -0.25) is 9.98 Å². The third-order valence-corrected chi connectivity index (χ3v) is 1.59. The van der Waals surface area contributed by atoms with Crippen LogP contribution >= 0.6 is 0 Å². The molecule has 1 heterocycles. The zero-order valence-electron chi connectivity index (χ0n) is 8.07. The van der Waals surface area contributed by atoms with Crippen molar-refractivity contribution in [2.75, 3.05) is 0 Å². The first-order chi connectivity index (χ1) is 6.24. The van der Waals surface area contributed by atoms with Crippen molar-refractivity contribution in [3.63, 3.8) is 0 Å². The molecule has 0 saturated heterocycles. The lowest BCUT2D eigenvalue weighted by molar-refractivity contribution is 0.840. The zero-order valence-corrected chi connectivity index (χ0v) is 8.07. The summed E-state index contributed by atoms with van der Waals surface area (Å²) in [6.45, 7) is 7.79. The van der Waals surface area contributed by atoms with Crippen LogP contribution in [-0.2, 0) is 0 Å². The molecule has 1 aromatic rings. The van der Waals surface area contributed by atoms with Crippen LogP contribution in [0.4, 0.5) is 0 Å². The van der Waals surface area contributed by atoms with Crippen molar-refractivity contribution >= 4 is 12.3 Å². The van der Waals surface area contributed by atoms with Crippen LogP contribution in [-0.4, -0.2) is 17.2 Å². The van der Waals surface area contributed by atoms with Crippen LogP contribution < -0.4 is 0 Å². The molecule has 0 amide bonds. The Hall–Kier alpha value is -1.44. The van der Waals surface area contributed by atoms with Crippen LogP contribution in [0.2, 0.25) is 0 Å². The molecule has 68 valence electrons. The van der Waals surface area contributed by atoms with E-state index in [1.807, 2.05) is 26.0 Å². The second kappa shape index (κ2) is 4.55. The first-order valence-electron chi connectivity index (χ1n) is 4.34. The summed E-state index contributed by atoms with van der Waals surface area (Å²) in [5, 5.41) is 0. The number of hydrogen-bond donors (Lipinski definition) is 0. The first kappa shape index (κ1) is 9.65. The predicted octanol–water partition coefficient (Wildman–Crippen LogP) is 2.55. The average molecular weight is 174 g/mol. The molecule has 0 aliphatic heterocycles. The first-order valence-corrected chi connectivity index (χ1v) is 4.34. The van der Waals surface area contributed by atoms with Gasteiger partial charge in [0.1, 0.15) is 0 Å². The summed E-state index contributed by atoms with van der Waals surface area (Å²) in [4.78, 5) is 8.47. The van der Waals surface area contributed by atoms with Gasteiger partial charge >= 0.3 is 0 Å². The second-order valence-electron chi connectivity index (χ2n) is 3.05. The van der Waals surface area contributed by atoms with Gasteiger partial charge in [0.15, 0.2) is 0 Å². The fraction of sp³-hybridized carbons (Fsp3) is 0.273. The van der Waals surface area contributed by atoms with E-state index in [2.05, 4.69) is 16.6 Å². The van der Waals surface area contributed by atoms with Crippen molar-refractivity contribution in [3.05, 3.63) is 36.2 Å². The fourth-order valence-electron chi connectivity index (χ4n) is 0.930. The minimum absolute atomic E-state index is 0.305. The molecule has 0 radical (unpaired) electrons. The van der Waals surface area contributed by atoms with Gasteiger partial charge in [0.2, 0.25) is 0 Å². The quantitative estimate of drug-likeness (QED) is 0.646. The van der Waals surface area contributed by atoms with E-state index in [1.165, 1.54) is 0 Å². The minimum Gasteiger partial charge on any atom is -0.288 e. The smallest absolute Gasteiger partial charge is 0.0879 e. The Bertz CT molecular complexity index is 314. The van der Waals surface area contributed by atoms with E-state index in [1.54, 1.807) is 18.5 Å². The summed E-state index contributed by atoms with van der Waals surface area (Å²) in [6, 6.07) is 4.17. The molecule has 1 rings (SSSR count). The Labute approximate surface area is 79.0 Å². The summed E-state index contributed by atoms with van der Waals surface area (Å²) in [5.74, 6) is 0. The molecule has 0 unspecified atom stereocenters. The van der Waals surface area contributed by atoms with E-state index in [9.17, 15) is 0 Å². The van der Waals surface area contributed by atoms with Gasteiger partial charge in [-0.15, -0.1) is 0 Å². The van der Waals surface area contributed by atoms with Gasteiger partial charge in [-0.2, -0.15) is 0 Å². The third kappa shape index (κ3) is 2.82. The van der Waals surface area contributed by atoms with E-state index in [0.29, 0.717) is 6.04 Å². The van der Waals surface area contributed by atoms with Crippen molar-refractivity contribution in [2.45, 2.75) is 19.9 Å². The Morgan fingerprint density at radius 3 is 2.92 bits per heavy atom. The van der Waals surface area contributed by atoms with Gasteiger partial charge in [0, 0.05) is 24.0 Å². The van der Waals surface area contributed by atoms with Crippen LogP contribution in [0, 0.1) is 0 Å². The second-order valence-corrected chi connectivity index (χ2v) is 3.05. The summed E-state index contributed by atoms with van der Waals surface area (Å²) in [6.07, 6.45) is 5.34. The SMILES string of the molecule is C=Cc1cccnc1C=NC(C)C. The lowest BCUT2D eigenvalue weighted by Crippen LogP contribution is -1.95. The van der Waals surface area contributed by atoms with E-state index < -0.39 is 0 Å². The highest BCUT2D eigenvalue weighted by atomic mass is 14.8. The van der Waals surface area contributed by atoms with Gasteiger partial charge in [0.05, 0.1) is 5.69 Å². The molecule has 0 aliphatic rings. The predicted molar refractivity (Wildman–Crippen MR) is 57.1 cm³/mol. The molecule has 0 atom stereocenters. The van der Waals surface area contributed by atoms with Gasteiger partial charge in [-0.1, -0.05) is 18.7 Å². The minimum atomic E-state index is 0.305. The van der Waals surface area contributed by atoms with Crippen LogP contribution in [0.25, 0.3) is 6.08 Å². The highest BCUT2D eigenvalue weighted by Gasteiger charge is 1.95. The zero-order chi connectivity index (χ0) is 9.68. The van der Waals surface area contributed by atoms with Gasteiger partial charge in [-0.25, -0.2) is 0 Å². The Morgan fingerprint density at radius 2 is 2.31 bits per heavy atom. The standard InChI is InChI=1S/C11H14N2/c1-4-10-6-5-7-12-11(10)8-13-9(2)3/h4-9H,1H2,2-3H3. The molecule has 0 bridgehead atoms. The van der Waals surface area contributed by atoms with Gasteiger partial charge in [0.25, 0.3) is 0 Å². The molecule has 0 aromatic carbocycles. The lowest BCUT2D eigenvalue weighted by Gasteiger charge is -1.98. The number of pyridine rings is 1. The molecule has 0 aliphatic carbocycles. The summed E-state index contributed by atoms with van der Waals surface area (Å²) >= 11 is 0. The summed E-state index contributed by atoms with van der Waals surface area (Å²) < 4.78 is 0. The lowest BCUT2D eigenvalue weighted by atomic mass is 10.2. The largest absolute Gasteiger partial charge is 0.288 e. The van der Waals surface area contributed by atoms with Crippen LogP contribution in [0.1, 0.15) is 25.1 Å². The number of hydrogen-bond acceptors (Lipinski definition) is 2. The molecule has 1 aromatic heterocycles. The highest BCUT2D eigenvalue weighted by Crippen LogP contribution is 2.04. The van der Waals surface area contributed by atoms with Crippen molar-refractivity contribution in [1.82, 2.24) is 4.98 Å². The van der Waals surface area contributed by atoms with Crippen LogP contribution in [0.5, 0.6) is 0 Å². The number of rotatable bonds is 3. The topological polar surface area (TPSA) is 25.2 Å². The Kier molecular flexibility index (Phi) is 3.38. The molecule has 0 N–H and O–H groups in total. The van der Waals surface area contributed by atoms with Crippen molar-refractivity contribution in [3.8, 4) is 0 Å². The molecular formula is C11H14N2. The summed E-state index contributed by atoms with van der Waals surface area (Å²) in [5.41, 5.74) is 1.90. The van der Waals surface area contributed by atoms with Crippen molar-refractivity contribution in [1.29, 1.82) is 0 Å². The van der Waals surface area contributed by atoms with Crippen molar-refractivity contribution < 1.29 is 0 Å². The number of aromatic nitrogens is 1. The maximum absolute atomic E-state index is 4.27. The number of nitrogens with zero attached hydrogens (tertiary/aromatic N) is 2. The Morgan fingerprint density at radius 1 is 1.54 bits per heavy atom. The molecule has 0 spiro atoms. The van der Waals surface area contributed by atoms with E-state index in [-0.39, 0.29) is 0 Å². The molecule has 2 heteroatoms. The average Bonchev–Trinajstić information content (AvgIpc) is 2.15. The maximum atomic E-state index is 4.27. The van der Waals surface area contributed by atoms with Gasteiger partial charge in [-0.05, 0) is 19.9 Å². The molecule has 0 saturated carbocycles. The highest BCUT2D eigenvalue weighted by molar-refractivity contribution is 5.82. The van der Waals surface area contributed by atoms with Crippen molar-refractivity contribution in [2.24, 2.45) is 4.99 Å². The Balaban J connectivity index is 2.93. The molecule has 0 fully saturated rings. The molecular weight excluding hydrogens is 160 g/mol. The van der Waals surface area contributed by atoms with E-state index in [0.717, 1.165) is 11.3 Å². The van der Waals surface area contributed by atoms with Crippen LogP contribution in [0.3, 0.4) is 0 Å². The monoisotopic (exact) mass is 174 g/mol. The molecule has 2 nitrogen and oxygen atoms in total. The van der Waals surface area contributed by atoms with E-state index >= 15 is 0 Å². The fourth-order valence-corrected chi connectivity index (χ4v) is 0.930. The van der Waals surface area contributed by atoms with E-state index in [4.69, 9.17) is 0 Å². The number of aliphatic imine (C=N–C) groups is 1.